The lowest BCUT2D eigenvalue weighted by Gasteiger charge is -2.31. The first-order chi connectivity index (χ1) is 14.4. The minimum Gasteiger partial charge on any atom is -0.490 e. The number of nitrogens with one attached hydrogen (secondary N) is 1. The number of carbonyl (C=O) groups is 1. The Bertz CT molecular complexity index is 1000. The zero-order chi connectivity index (χ0) is 21.3. The van der Waals surface area contributed by atoms with Gasteiger partial charge in [0.1, 0.15) is 18.6 Å². The summed E-state index contributed by atoms with van der Waals surface area (Å²) in [7, 11) is 1.41. The molecule has 0 saturated carbocycles. The number of quaternary nitrogens is 1. The number of rotatable bonds is 6. The highest BCUT2D eigenvalue weighted by Crippen LogP contribution is 2.38. The van der Waals surface area contributed by atoms with E-state index in [1.54, 1.807) is 18.3 Å². The third-order valence-corrected chi connectivity index (χ3v) is 5.93. The summed E-state index contributed by atoms with van der Waals surface area (Å²) in [5.41, 5.74) is 0.689. The fourth-order valence-corrected chi connectivity index (χ4v) is 4.30. The lowest BCUT2D eigenvalue weighted by atomic mass is 10.2. The number of methoxy groups -OCH3 is 1. The Kier molecular flexibility index (Phi) is 5.72. The van der Waals surface area contributed by atoms with Crippen LogP contribution in [0.5, 0.6) is 0 Å². The van der Waals surface area contributed by atoms with Crippen molar-refractivity contribution in [1.82, 2.24) is 4.90 Å². The molecule has 0 bridgehead atoms. The Balaban J connectivity index is 1.72. The van der Waals surface area contributed by atoms with Gasteiger partial charge in [0.15, 0.2) is 11.9 Å². The highest BCUT2D eigenvalue weighted by molar-refractivity contribution is 9.10. The maximum atomic E-state index is 14.4. The number of anilines is 1. The largest absolute Gasteiger partial charge is 0.490 e. The number of halogens is 2. The van der Waals surface area contributed by atoms with Crippen molar-refractivity contribution in [1.29, 1.82) is 0 Å². The smallest absolute Gasteiger partial charge is 0.345 e. The van der Waals surface area contributed by atoms with Gasteiger partial charge in [-0.3, -0.25) is 4.90 Å². The molecule has 3 aliphatic heterocycles. The van der Waals surface area contributed by atoms with Gasteiger partial charge in [-0.05, 0) is 44.1 Å². The molecule has 0 radical (unpaired) electrons. The molecule has 0 aliphatic carbocycles. The quantitative estimate of drug-likeness (QED) is 0.613. The number of likely N-dealkylation sites (tertiary alicyclic amines) is 1. The molecule has 0 aromatic heterocycles. The number of aliphatic carboxylic acids is 1. The molecule has 1 aromatic rings. The minimum atomic E-state index is -1.11. The molecule has 0 amide bonds. The van der Waals surface area contributed by atoms with E-state index in [1.165, 1.54) is 19.5 Å². The molecule has 8 nitrogen and oxygen atoms in total. The summed E-state index contributed by atoms with van der Waals surface area (Å²) in [6, 6.07) is 4.64. The second-order valence-corrected chi connectivity index (χ2v) is 8.20. The Morgan fingerprint density at radius 3 is 2.83 bits per heavy atom. The number of fused-ring (bicyclic) bond motifs is 1. The summed E-state index contributed by atoms with van der Waals surface area (Å²) in [4.78, 5) is 18.5. The van der Waals surface area contributed by atoms with Gasteiger partial charge in [0.2, 0.25) is 11.6 Å². The SMILES string of the molecule is COC1=C2C(Nc3ccc(Br)cc3F)=NC=N[N+]2(CCN2CCCC2)C=C1C(=O)O. The van der Waals surface area contributed by atoms with Gasteiger partial charge < -0.3 is 15.2 Å². The molecule has 3 heterocycles. The van der Waals surface area contributed by atoms with E-state index in [-0.39, 0.29) is 21.6 Å². The first kappa shape index (κ1) is 20.7. The van der Waals surface area contributed by atoms with Crippen molar-refractivity contribution in [3.63, 3.8) is 0 Å². The number of benzene rings is 1. The van der Waals surface area contributed by atoms with Crippen molar-refractivity contribution in [3.05, 3.63) is 51.7 Å². The summed E-state index contributed by atoms with van der Waals surface area (Å²) < 4.78 is 20.4. The zero-order valence-corrected chi connectivity index (χ0v) is 18.0. The Hall–Kier alpha value is -2.56. The third kappa shape index (κ3) is 3.78. The van der Waals surface area contributed by atoms with E-state index in [0.29, 0.717) is 22.6 Å². The van der Waals surface area contributed by atoms with Crippen molar-refractivity contribution in [3.8, 4) is 0 Å². The van der Waals surface area contributed by atoms with Crippen LogP contribution in [0.3, 0.4) is 0 Å². The van der Waals surface area contributed by atoms with Crippen LogP contribution in [0.25, 0.3) is 0 Å². The van der Waals surface area contributed by atoms with Crippen molar-refractivity contribution >= 4 is 39.8 Å². The topological polar surface area (TPSA) is 86.5 Å². The number of hydrogen-bond donors (Lipinski definition) is 2. The van der Waals surface area contributed by atoms with E-state index < -0.39 is 11.8 Å². The standard InChI is InChI=1S/C20H21BrFN5O3/c1-30-18-14(20(28)29)11-27(9-8-26-6-2-3-7-26)17(18)19(23-12-24-27)25-16-5-4-13(21)10-15(16)22/h4-5,10-12H,2-3,6-9H2,1H3,(H-,23,24,25,28,29)/p+1. The number of nitrogens with zero attached hydrogens (tertiary/aromatic N) is 4. The lowest BCUT2D eigenvalue weighted by Crippen LogP contribution is -2.46. The summed E-state index contributed by atoms with van der Waals surface area (Å²) >= 11 is 3.24. The molecule has 1 fully saturated rings. The molecular weight excluding hydrogens is 457 g/mol. The molecule has 10 heteroatoms. The van der Waals surface area contributed by atoms with Crippen LogP contribution in [0.1, 0.15) is 12.8 Å². The van der Waals surface area contributed by atoms with Gasteiger partial charge in [-0.2, -0.15) is 0 Å². The molecule has 158 valence electrons. The normalized spacial score (nSPS) is 23.3. The fourth-order valence-electron chi connectivity index (χ4n) is 3.96. The van der Waals surface area contributed by atoms with Crippen LogP contribution < -0.4 is 5.32 Å². The van der Waals surface area contributed by atoms with Crippen LogP contribution in [0.2, 0.25) is 0 Å². The van der Waals surface area contributed by atoms with Gasteiger partial charge in [0, 0.05) is 4.47 Å². The van der Waals surface area contributed by atoms with Crippen molar-refractivity contribution in [2.24, 2.45) is 10.1 Å². The summed E-state index contributed by atoms with van der Waals surface area (Å²) in [6.45, 7) is 3.28. The van der Waals surface area contributed by atoms with Crippen molar-refractivity contribution in [2.75, 3.05) is 38.6 Å². The first-order valence-electron chi connectivity index (χ1n) is 9.63. The van der Waals surface area contributed by atoms with Crippen LogP contribution in [-0.4, -0.2) is 66.0 Å². The molecular formula is C20H22BrFN5O3+. The Labute approximate surface area is 181 Å². The van der Waals surface area contributed by atoms with E-state index >= 15 is 0 Å². The molecule has 4 rings (SSSR count). The molecule has 1 saturated heterocycles. The van der Waals surface area contributed by atoms with E-state index in [4.69, 9.17) is 4.74 Å². The van der Waals surface area contributed by atoms with E-state index in [9.17, 15) is 14.3 Å². The Morgan fingerprint density at radius 2 is 2.17 bits per heavy atom. The number of amidine groups is 1. The van der Waals surface area contributed by atoms with E-state index in [1.807, 2.05) is 0 Å². The molecule has 30 heavy (non-hydrogen) atoms. The van der Waals surface area contributed by atoms with Gasteiger partial charge in [0.25, 0.3) is 5.70 Å². The maximum Gasteiger partial charge on any atom is 0.345 e. The minimum absolute atomic E-state index is 0.0127. The average Bonchev–Trinajstić information content (AvgIpc) is 3.35. The second kappa shape index (κ2) is 8.29. The van der Waals surface area contributed by atoms with Crippen LogP contribution in [0.15, 0.2) is 56.0 Å². The first-order valence-corrected chi connectivity index (χ1v) is 10.4. The molecule has 2 N–H and O–H groups in total. The van der Waals surface area contributed by atoms with E-state index in [0.717, 1.165) is 32.5 Å². The highest BCUT2D eigenvalue weighted by atomic mass is 79.9. The van der Waals surface area contributed by atoms with Gasteiger partial charge >= 0.3 is 5.97 Å². The van der Waals surface area contributed by atoms with Crippen molar-refractivity contribution in [2.45, 2.75) is 12.8 Å². The second-order valence-electron chi connectivity index (χ2n) is 7.29. The molecule has 1 aromatic carbocycles. The monoisotopic (exact) mass is 478 g/mol. The van der Waals surface area contributed by atoms with Gasteiger partial charge in [-0.25, -0.2) is 14.2 Å². The summed E-state index contributed by atoms with van der Waals surface area (Å²) in [5, 5.41) is 17.2. The number of aliphatic imine (C=N–C) groups is 1. The molecule has 0 spiro atoms. The average molecular weight is 479 g/mol. The van der Waals surface area contributed by atoms with Crippen molar-refractivity contribution < 1.29 is 23.6 Å². The van der Waals surface area contributed by atoms with E-state index in [2.05, 4.69) is 36.2 Å². The molecule has 1 atom stereocenters. The fraction of sp³-hybridized carbons (Fsp3) is 0.350. The van der Waals surface area contributed by atoms with Gasteiger partial charge in [-0.15, -0.1) is 4.59 Å². The van der Waals surface area contributed by atoms with Crippen LogP contribution in [0, 0.1) is 5.82 Å². The van der Waals surface area contributed by atoms with Crippen LogP contribution in [-0.2, 0) is 9.53 Å². The van der Waals surface area contributed by atoms with Crippen LogP contribution >= 0.6 is 15.9 Å². The number of hydrogen-bond acceptors (Lipinski definition) is 6. The zero-order valence-electron chi connectivity index (χ0n) is 16.4. The highest BCUT2D eigenvalue weighted by Gasteiger charge is 2.49. The predicted octanol–water partition coefficient (Wildman–Crippen LogP) is 3.11. The van der Waals surface area contributed by atoms with Crippen LogP contribution in [0.4, 0.5) is 10.1 Å². The molecule has 3 aliphatic rings. The lowest BCUT2D eigenvalue weighted by molar-refractivity contribution is -0.841. The summed E-state index contributed by atoms with van der Waals surface area (Å²) in [6.07, 6.45) is 5.25. The van der Waals surface area contributed by atoms with Gasteiger partial charge in [-0.1, -0.05) is 21.0 Å². The third-order valence-electron chi connectivity index (χ3n) is 5.43. The molecule has 1 unspecified atom stereocenters. The number of carboxylic acids is 1. The maximum absolute atomic E-state index is 14.4. The Morgan fingerprint density at radius 1 is 1.40 bits per heavy atom. The van der Waals surface area contributed by atoms with Gasteiger partial charge in [0.05, 0.1) is 19.3 Å². The predicted molar refractivity (Wildman–Crippen MR) is 114 cm³/mol. The number of carboxylic acid groups (broad SMARTS) is 1. The summed E-state index contributed by atoms with van der Waals surface area (Å²) in [5.74, 6) is -1.10. The number of ether oxygens (including phenoxy) is 1.